The van der Waals surface area contributed by atoms with Crippen molar-refractivity contribution in [3.05, 3.63) is 30.6 Å². The van der Waals surface area contributed by atoms with Gasteiger partial charge in [0.2, 0.25) is 0 Å². The monoisotopic (exact) mass is 142 g/mol. The maximum atomic E-state index is 7.57. The first-order valence-corrected chi connectivity index (χ1v) is 2.87. The van der Waals surface area contributed by atoms with E-state index in [2.05, 4.69) is 4.98 Å². The Morgan fingerprint density at radius 2 is 1.60 bits per heavy atom. The quantitative estimate of drug-likeness (QED) is 0.572. The van der Waals surface area contributed by atoms with Gasteiger partial charge in [0, 0.05) is 19.0 Å². The number of pyridine rings is 1. The molecule has 1 rings (SSSR count). The Labute approximate surface area is 61.3 Å². The molecule has 0 unspecified atom stereocenters. The fourth-order valence-corrected chi connectivity index (χ4v) is 0.313. The average molecular weight is 142 g/mol. The van der Waals surface area contributed by atoms with E-state index < -0.39 is 0 Å². The number of hydrogen-bond acceptors (Lipinski definition) is 3. The number of hydrogen-bond donors (Lipinski definition) is 2. The molecule has 1 heterocycles. The zero-order valence-corrected chi connectivity index (χ0v) is 6.20. The summed E-state index contributed by atoms with van der Waals surface area (Å²) < 4.78 is 0. The number of rotatable bonds is 0. The lowest BCUT2D eigenvalue weighted by Crippen LogP contribution is -1.58. The second kappa shape index (κ2) is 10.9. The van der Waals surface area contributed by atoms with Crippen molar-refractivity contribution in [2.75, 3.05) is 6.61 Å². The minimum atomic E-state index is 0. The van der Waals surface area contributed by atoms with Gasteiger partial charge in [0.05, 0.1) is 0 Å². The van der Waals surface area contributed by atoms with Crippen LogP contribution in [0, 0.1) is 0 Å². The van der Waals surface area contributed by atoms with Gasteiger partial charge in [-0.15, -0.1) is 0 Å². The van der Waals surface area contributed by atoms with Gasteiger partial charge in [-0.25, -0.2) is 0 Å². The summed E-state index contributed by atoms with van der Waals surface area (Å²) in [5.41, 5.74) is 0. The summed E-state index contributed by atoms with van der Waals surface area (Å²) >= 11 is 0. The minimum absolute atomic E-state index is 0. The van der Waals surface area contributed by atoms with E-state index >= 15 is 0 Å². The molecule has 0 fully saturated rings. The highest BCUT2D eigenvalue weighted by Gasteiger charge is 1.58. The Bertz CT molecular complexity index is 94.5. The molecular weight excluding hydrogens is 128 g/mol. The van der Waals surface area contributed by atoms with Gasteiger partial charge >= 0.3 is 0 Å². The van der Waals surface area contributed by atoms with Crippen LogP contribution in [0.25, 0.3) is 0 Å². The van der Waals surface area contributed by atoms with Crippen molar-refractivity contribution in [1.82, 2.24) is 11.1 Å². The molecule has 10 heavy (non-hydrogen) atoms. The van der Waals surface area contributed by atoms with E-state index in [1.807, 2.05) is 18.2 Å². The van der Waals surface area contributed by atoms with Crippen LogP contribution in [0.5, 0.6) is 0 Å². The number of nitrogens with zero attached hydrogens (tertiary/aromatic N) is 1. The molecule has 0 aromatic carbocycles. The topological polar surface area (TPSA) is 68.1 Å². The van der Waals surface area contributed by atoms with Crippen LogP contribution in [0.15, 0.2) is 30.6 Å². The molecule has 3 nitrogen and oxygen atoms in total. The molecule has 0 aliphatic heterocycles. The molecule has 0 aliphatic rings. The molecule has 1 aromatic rings. The van der Waals surface area contributed by atoms with Gasteiger partial charge in [0.1, 0.15) is 0 Å². The minimum Gasteiger partial charge on any atom is -0.397 e. The average Bonchev–Trinajstić information content (AvgIpc) is 1.93. The first-order valence-electron chi connectivity index (χ1n) is 2.87. The SMILES string of the molecule is CCO.N.c1ccncc1. The highest BCUT2D eigenvalue weighted by molar-refractivity contribution is 4.88. The Kier molecular flexibility index (Phi) is 12.9. The van der Waals surface area contributed by atoms with Crippen LogP contribution in [-0.4, -0.2) is 16.7 Å². The predicted molar refractivity (Wildman–Crippen MR) is 42.0 cm³/mol. The van der Waals surface area contributed by atoms with Crippen LogP contribution in [-0.2, 0) is 0 Å². The molecule has 0 aliphatic carbocycles. The summed E-state index contributed by atoms with van der Waals surface area (Å²) in [5, 5.41) is 7.57. The first kappa shape index (κ1) is 11.8. The van der Waals surface area contributed by atoms with E-state index in [4.69, 9.17) is 5.11 Å². The summed E-state index contributed by atoms with van der Waals surface area (Å²) in [5.74, 6) is 0. The molecule has 58 valence electrons. The molecule has 1 aromatic heterocycles. The molecule has 0 amide bonds. The third-order valence-electron chi connectivity index (χ3n) is 0.566. The predicted octanol–water partition coefficient (Wildman–Crippen LogP) is 1.24. The second-order valence-electron chi connectivity index (χ2n) is 1.34. The number of aliphatic hydroxyl groups excluding tert-OH is 1. The van der Waals surface area contributed by atoms with Crippen molar-refractivity contribution in [2.45, 2.75) is 6.92 Å². The highest BCUT2D eigenvalue weighted by atomic mass is 16.2. The van der Waals surface area contributed by atoms with Gasteiger partial charge in [-0.2, -0.15) is 0 Å². The molecule has 3 heteroatoms. The number of aromatic nitrogens is 1. The van der Waals surface area contributed by atoms with Crippen molar-refractivity contribution < 1.29 is 5.11 Å². The van der Waals surface area contributed by atoms with Crippen LogP contribution in [0.3, 0.4) is 0 Å². The standard InChI is InChI=1S/C5H5N.C2H6O.H3N/c1-2-4-6-5-3-1;1-2-3;/h1-5H;3H,2H2,1H3;1H3. The van der Waals surface area contributed by atoms with Crippen LogP contribution < -0.4 is 6.15 Å². The fraction of sp³-hybridized carbons (Fsp3) is 0.286. The van der Waals surface area contributed by atoms with Gasteiger partial charge in [-0.05, 0) is 19.1 Å². The third kappa shape index (κ3) is 10.1. The fourth-order valence-electron chi connectivity index (χ4n) is 0.313. The Balaban J connectivity index is 0. The van der Waals surface area contributed by atoms with Crippen molar-refractivity contribution in [3.63, 3.8) is 0 Å². The molecule has 4 N–H and O–H groups in total. The highest BCUT2D eigenvalue weighted by Crippen LogP contribution is 1.73. The normalized spacial score (nSPS) is 6.60. The van der Waals surface area contributed by atoms with Crippen molar-refractivity contribution in [1.29, 1.82) is 0 Å². The smallest absolute Gasteiger partial charge is 0.0402 e. The Morgan fingerprint density at radius 3 is 1.70 bits per heavy atom. The van der Waals surface area contributed by atoms with E-state index in [-0.39, 0.29) is 12.8 Å². The lowest BCUT2D eigenvalue weighted by molar-refractivity contribution is 0.318. The van der Waals surface area contributed by atoms with Gasteiger partial charge in [-0.3, -0.25) is 4.98 Å². The Morgan fingerprint density at radius 1 is 1.20 bits per heavy atom. The third-order valence-corrected chi connectivity index (χ3v) is 0.566. The van der Waals surface area contributed by atoms with Crippen LogP contribution in [0.2, 0.25) is 0 Å². The van der Waals surface area contributed by atoms with Gasteiger partial charge in [-0.1, -0.05) is 6.07 Å². The molecule has 0 saturated carbocycles. The summed E-state index contributed by atoms with van der Waals surface area (Å²) in [4.78, 5) is 3.78. The Hall–Kier alpha value is -0.930. The lowest BCUT2D eigenvalue weighted by Gasteiger charge is -1.70. The van der Waals surface area contributed by atoms with Crippen LogP contribution >= 0.6 is 0 Å². The molecular formula is C7H14N2O. The molecule has 0 saturated heterocycles. The zero-order chi connectivity index (χ0) is 6.95. The van der Waals surface area contributed by atoms with E-state index in [1.54, 1.807) is 19.3 Å². The molecule has 0 radical (unpaired) electrons. The van der Waals surface area contributed by atoms with Gasteiger partial charge < -0.3 is 11.3 Å². The van der Waals surface area contributed by atoms with Crippen molar-refractivity contribution in [2.24, 2.45) is 0 Å². The largest absolute Gasteiger partial charge is 0.397 e. The summed E-state index contributed by atoms with van der Waals surface area (Å²) in [6, 6.07) is 5.72. The van der Waals surface area contributed by atoms with Crippen molar-refractivity contribution in [3.8, 4) is 0 Å². The zero-order valence-electron chi connectivity index (χ0n) is 6.20. The second-order valence-corrected chi connectivity index (χ2v) is 1.34. The van der Waals surface area contributed by atoms with Crippen molar-refractivity contribution >= 4 is 0 Å². The lowest BCUT2D eigenvalue weighted by atomic mass is 10.5. The van der Waals surface area contributed by atoms with E-state index in [0.717, 1.165) is 0 Å². The molecule has 0 atom stereocenters. The molecule has 0 bridgehead atoms. The maximum absolute atomic E-state index is 7.57. The maximum Gasteiger partial charge on any atom is 0.0402 e. The molecule has 0 spiro atoms. The van der Waals surface area contributed by atoms with E-state index in [0.29, 0.717) is 0 Å². The van der Waals surface area contributed by atoms with Crippen LogP contribution in [0.4, 0.5) is 0 Å². The van der Waals surface area contributed by atoms with Crippen LogP contribution in [0.1, 0.15) is 6.92 Å². The van der Waals surface area contributed by atoms with E-state index in [9.17, 15) is 0 Å². The van der Waals surface area contributed by atoms with Gasteiger partial charge in [0.15, 0.2) is 0 Å². The summed E-state index contributed by atoms with van der Waals surface area (Å²) in [7, 11) is 0. The summed E-state index contributed by atoms with van der Waals surface area (Å²) in [6.45, 7) is 1.93. The van der Waals surface area contributed by atoms with E-state index in [1.165, 1.54) is 0 Å². The first-order chi connectivity index (χ1) is 4.41. The summed E-state index contributed by atoms with van der Waals surface area (Å²) in [6.07, 6.45) is 3.50. The number of aliphatic hydroxyl groups is 1. The van der Waals surface area contributed by atoms with Gasteiger partial charge in [0.25, 0.3) is 0 Å².